The third-order valence-electron chi connectivity index (χ3n) is 3.53. The summed E-state index contributed by atoms with van der Waals surface area (Å²) in [5.41, 5.74) is 2.81. The fourth-order valence-corrected chi connectivity index (χ4v) is 2.69. The molecule has 2 N–H and O–H groups in total. The minimum absolute atomic E-state index is 0. The molecule has 116 valence electrons. The molecule has 21 heavy (non-hydrogen) atoms. The molecule has 1 aliphatic rings. The van der Waals surface area contributed by atoms with Crippen LogP contribution in [-0.2, 0) is 17.8 Å². The maximum absolute atomic E-state index is 11.3. The second-order valence-electron chi connectivity index (χ2n) is 5.26. The summed E-state index contributed by atoms with van der Waals surface area (Å²) in [6, 6.07) is 8.55. The van der Waals surface area contributed by atoms with Crippen molar-refractivity contribution in [1.82, 2.24) is 10.2 Å². The minimum atomic E-state index is -0.366. The molecule has 0 aromatic heterocycles. The van der Waals surface area contributed by atoms with E-state index in [0.29, 0.717) is 0 Å². The van der Waals surface area contributed by atoms with Crippen molar-refractivity contribution in [2.24, 2.45) is 5.16 Å². The third-order valence-corrected chi connectivity index (χ3v) is 3.53. The Balaban J connectivity index is 0.00000220. The summed E-state index contributed by atoms with van der Waals surface area (Å²) in [6.45, 7) is 4.70. The van der Waals surface area contributed by atoms with Crippen molar-refractivity contribution in [1.29, 1.82) is 0 Å². The van der Waals surface area contributed by atoms with Gasteiger partial charge in [-0.05, 0) is 37.4 Å². The Morgan fingerprint density at radius 2 is 2.19 bits per heavy atom. The minimum Gasteiger partial charge on any atom is -0.411 e. The first kappa shape index (κ1) is 17.5. The first-order chi connectivity index (χ1) is 9.69. The number of hydrogen-bond donors (Lipinski definition) is 2. The van der Waals surface area contributed by atoms with Crippen molar-refractivity contribution in [2.45, 2.75) is 32.4 Å². The third kappa shape index (κ3) is 5.40. The van der Waals surface area contributed by atoms with Crippen LogP contribution in [-0.4, -0.2) is 41.4 Å². The van der Waals surface area contributed by atoms with Gasteiger partial charge in [0.1, 0.15) is 6.21 Å². The quantitative estimate of drug-likeness (QED) is 0.503. The van der Waals surface area contributed by atoms with Crippen molar-refractivity contribution >= 4 is 25.6 Å². The number of carbonyl (C=O) groups is 1. The van der Waals surface area contributed by atoms with Gasteiger partial charge in [0, 0.05) is 19.1 Å². The summed E-state index contributed by atoms with van der Waals surface area (Å²) in [4.78, 5) is 13.7. The Morgan fingerprint density at radius 3 is 2.90 bits per heavy atom. The van der Waals surface area contributed by atoms with Crippen LogP contribution in [0.25, 0.3) is 0 Å². The predicted molar refractivity (Wildman–Crippen MR) is 88.3 cm³/mol. The van der Waals surface area contributed by atoms with Gasteiger partial charge < -0.3 is 10.5 Å². The van der Waals surface area contributed by atoms with Gasteiger partial charge in [0.15, 0.2) is 0 Å². The number of carbonyl (C=O) groups excluding carboxylic acids is 1. The summed E-state index contributed by atoms with van der Waals surface area (Å²) in [7, 11) is 0. The van der Waals surface area contributed by atoms with Crippen molar-refractivity contribution in [3.05, 3.63) is 35.4 Å². The van der Waals surface area contributed by atoms with Crippen LogP contribution < -0.4 is 5.32 Å². The summed E-state index contributed by atoms with van der Waals surface area (Å²) in [6.07, 6.45) is 3.13. The van der Waals surface area contributed by atoms with Crippen LogP contribution in [0.1, 0.15) is 24.5 Å². The maximum Gasteiger partial charge on any atom is 0.266 e. The van der Waals surface area contributed by atoms with Crippen LogP contribution in [0.2, 0.25) is 0 Å². The van der Waals surface area contributed by atoms with Crippen LogP contribution in [0, 0.1) is 0 Å². The van der Waals surface area contributed by atoms with Gasteiger partial charge in [-0.25, -0.2) is 0 Å². The Hall–Kier alpha value is -1.53. The number of amides is 1. The number of rotatable bonds is 4. The molecule has 0 saturated carbocycles. The number of oxime groups is 1. The molecule has 0 spiro atoms. The second-order valence-corrected chi connectivity index (χ2v) is 5.26. The maximum atomic E-state index is 11.3. The number of fused-ring (bicyclic) bond motifs is 1. The molecule has 6 heteroatoms. The molecule has 0 saturated heterocycles. The highest BCUT2D eigenvalue weighted by atomic mass is 32.1. The molecule has 0 bridgehead atoms. The lowest BCUT2D eigenvalue weighted by Crippen LogP contribution is -2.42. The number of benzene rings is 1. The van der Waals surface area contributed by atoms with Gasteiger partial charge in [-0.3, -0.25) is 9.69 Å². The van der Waals surface area contributed by atoms with Gasteiger partial charge in [0.25, 0.3) is 5.91 Å². The molecule has 1 heterocycles. The fourth-order valence-electron chi connectivity index (χ4n) is 2.69. The zero-order chi connectivity index (χ0) is 14.4. The second kappa shape index (κ2) is 8.69. The Kier molecular flexibility index (Phi) is 7.25. The van der Waals surface area contributed by atoms with E-state index < -0.39 is 0 Å². The van der Waals surface area contributed by atoms with Crippen LogP contribution in [0.4, 0.5) is 0 Å². The van der Waals surface area contributed by atoms with E-state index in [1.165, 1.54) is 11.1 Å². The molecule has 1 aromatic rings. The van der Waals surface area contributed by atoms with E-state index in [1.807, 2.05) is 6.92 Å². The molecule has 1 amide bonds. The molecule has 0 unspecified atom stereocenters. The van der Waals surface area contributed by atoms with Crippen molar-refractivity contribution in [3.8, 4) is 0 Å². The highest BCUT2D eigenvalue weighted by molar-refractivity contribution is 7.59. The number of nitrogens with zero attached hydrogens (tertiary/aromatic N) is 2. The summed E-state index contributed by atoms with van der Waals surface area (Å²) in [5, 5.41) is 13.8. The van der Waals surface area contributed by atoms with E-state index in [9.17, 15) is 4.79 Å². The van der Waals surface area contributed by atoms with E-state index in [1.54, 1.807) is 0 Å². The van der Waals surface area contributed by atoms with E-state index in [0.717, 1.165) is 38.7 Å². The molecular weight excluding hydrogens is 286 g/mol. The van der Waals surface area contributed by atoms with Gasteiger partial charge >= 0.3 is 0 Å². The first-order valence-electron chi connectivity index (χ1n) is 6.96. The van der Waals surface area contributed by atoms with Crippen LogP contribution in [0.5, 0.6) is 0 Å². The largest absolute Gasteiger partial charge is 0.411 e. The smallest absolute Gasteiger partial charge is 0.266 e. The molecule has 0 aliphatic carbocycles. The standard InChI is InChI=1S/C15H21N3O2.H2S/c1-12(17-15(19)9-16-20)10-18-8-4-7-13-5-2-3-6-14(13)11-18;/h2-3,5-6,9,12,20H,4,7-8,10-11H2,1H3,(H,17,19);1H2/b16-9+;/t12-;/m0./s1. The Labute approximate surface area is 132 Å². The van der Waals surface area contributed by atoms with E-state index >= 15 is 0 Å². The number of aryl methyl sites for hydroxylation is 1. The molecule has 1 atom stereocenters. The number of nitrogens with one attached hydrogen (secondary N) is 1. The highest BCUT2D eigenvalue weighted by Crippen LogP contribution is 2.18. The topological polar surface area (TPSA) is 64.9 Å². The van der Waals surface area contributed by atoms with Crippen LogP contribution in [0.3, 0.4) is 0 Å². The van der Waals surface area contributed by atoms with E-state index in [-0.39, 0.29) is 25.4 Å². The highest BCUT2D eigenvalue weighted by Gasteiger charge is 2.16. The van der Waals surface area contributed by atoms with Crippen molar-refractivity contribution in [2.75, 3.05) is 13.1 Å². The van der Waals surface area contributed by atoms with Gasteiger partial charge in [-0.2, -0.15) is 13.5 Å². The number of hydrogen-bond acceptors (Lipinski definition) is 4. The molecule has 2 rings (SSSR count). The lowest BCUT2D eigenvalue weighted by Gasteiger charge is -2.24. The average molecular weight is 309 g/mol. The Morgan fingerprint density at radius 1 is 1.48 bits per heavy atom. The van der Waals surface area contributed by atoms with Gasteiger partial charge in [-0.15, -0.1) is 0 Å². The van der Waals surface area contributed by atoms with Crippen LogP contribution in [0.15, 0.2) is 29.4 Å². The fraction of sp³-hybridized carbons (Fsp3) is 0.467. The SMILES string of the molecule is C[C@@H](CN1CCCc2ccccc2C1)NC(=O)/C=N/O.S. The molecule has 5 nitrogen and oxygen atoms in total. The molecule has 0 fully saturated rings. The molecule has 1 aliphatic heterocycles. The van der Waals surface area contributed by atoms with Gasteiger partial charge in [0.05, 0.1) is 0 Å². The summed E-state index contributed by atoms with van der Waals surface area (Å²) >= 11 is 0. The normalized spacial score (nSPS) is 16.6. The predicted octanol–water partition coefficient (Wildman–Crippen LogP) is 1.51. The molecule has 0 radical (unpaired) electrons. The zero-order valence-corrected chi connectivity index (χ0v) is 13.2. The summed E-state index contributed by atoms with van der Waals surface area (Å²) in [5.74, 6) is -0.366. The monoisotopic (exact) mass is 309 g/mol. The van der Waals surface area contributed by atoms with Gasteiger partial charge in [-0.1, -0.05) is 29.4 Å². The van der Waals surface area contributed by atoms with Crippen molar-refractivity contribution < 1.29 is 10.0 Å². The molecular formula is C15H23N3O2S. The van der Waals surface area contributed by atoms with E-state index in [2.05, 4.69) is 39.6 Å². The van der Waals surface area contributed by atoms with Crippen molar-refractivity contribution in [3.63, 3.8) is 0 Å². The lowest BCUT2D eigenvalue weighted by atomic mass is 10.0. The first-order valence-corrected chi connectivity index (χ1v) is 6.96. The zero-order valence-electron chi connectivity index (χ0n) is 12.2. The average Bonchev–Trinajstić information content (AvgIpc) is 2.60. The van der Waals surface area contributed by atoms with Gasteiger partial charge in [0.2, 0.25) is 0 Å². The van der Waals surface area contributed by atoms with Crippen LogP contribution >= 0.6 is 13.5 Å². The summed E-state index contributed by atoms with van der Waals surface area (Å²) < 4.78 is 0. The lowest BCUT2D eigenvalue weighted by molar-refractivity contribution is -0.115. The Bertz CT molecular complexity index is 494. The van der Waals surface area contributed by atoms with E-state index in [4.69, 9.17) is 5.21 Å². The molecule has 1 aromatic carbocycles.